The van der Waals surface area contributed by atoms with E-state index in [0.29, 0.717) is 17.8 Å². The van der Waals surface area contributed by atoms with Gasteiger partial charge >= 0.3 is 12.4 Å². The van der Waals surface area contributed by atoms with Crippen molar-refractivity contribution in [3.8, 4) is 6.07 Å². The van der Waals surface area contributed by atoms with Crippen molar-refractivity contribution in [3.63, 3.8) is 0 Å². The Hall–Kier alpha value is -3.80. The van der Waals surface area contributed by atoms with Gasteiger partial charge in [0.05, 0.1) is 10.5 Å². The van der Waals surface area contributed by atoms with E-state index in [1.807, 2.05) is 0 Å². The van der Waals surface area contributed by atoms with Crippen molar-refractivity contribution in [1.29, 1.82) is 5.26 Å². The number of aromatic nitrogens is 2. The Labute approximate surface area is 219 Å². The predicted octanol–water partition coefficient (Wildman–Crippen LogP) is 5.35. The minimum atomic E-state index is -5.88. The first kappa shape index (κ1) is 28.2. The number of hydrogen-bond donors (Lipinski definition) is 2. The zero-order valence-corrected chi connectivity index (χ0v) is 21.4. The first-order chi connectivity index (χ1) is 18.0. The van der Waals surface area contributed by atoms with Gasteiger partial charge < -0.3 is 5.73 Å². The summed E-state index contributed by atoms with van der Waals surface area (Å²) in [5.74, 6) is -1.20. The molecule has 1 aromatic heterocycles. The molecule has 208 valence electrons. The number of nitrogens with two attached hydrogens (primary N) is 1. The standard InChI is InChI=1S/C24H22F6N6O2S/c1-13-11-14(2)34-21(33-13)35-39(37,38)16-9-7-15(8-10-16)36-19-6-4-3-5-17(19)22(23(25,26)27,24(28,29)30)18(12-31)20(36)32/h7-11H,3-6,32H2,1-2H3,(H,33,34,35). The quantitative estimate of drug-likeness (QED) is 0.474. The topological polar surface area (TPSA) is 125 Å². The Morgan fingerprint density at radius 3 is 2.05 bits per heavy atom. The van der Waals surface area contributed by atoms with Crippen molar-refractivity contribution in [2.24, 2.45) is 11.1 Å². The summed E-state index contributed by atoms with van der Waals surface area (Å²) in [6, 6.07) is 7.31. The lowest BCUT2D eigenvalue weighted by Gasteiger charge is -2.47. The van der Waals surface area contributed by atoms with Gasteiger partial charge in [0.1, 0.15) is 11.9 Å². The fourth-order valence-electron chi connectivity index (χ4n) is 5.09. The van der Waals surface area contributed by atoms with Gasteiger partial charge in [-0.05, 0) is 75.4 Å². The minimum Gasteiger partial charge on any atom is -0.384 e. The zero-order valence-electron chi connectivity index (χ0n) is 20.6. The molecule has 2 aromatic rings. The van der Waals surface area contributed by atoms with Gasteiger partial charge in [0.2, 0.25) is 11.4 Å². The maximum atomic E-state index is 14.3. The second-order valence-electron chi connectivity index (χ2n) is 9.16. The van der Waals surface area contributed by atoms with Crippen molar-refractivity contribution in [1.82, 2.24) is 9.97 Å². The van der Waals surface area contributed by atoms with E-state index in [2.05, 4.69) is 14.7 Å². The van der Waals surface area contributed by atoms with Crippen molar-refractivity contribution in [2.75, 3.05) is 9.62 Å². The summed E-state index contributed by atoms with van der Waals surface area (Å²) in [5.41, 5.74) is -0.584. The third-order valence-corrected chi connectivity index (χ3v) is 7.95. The molecule has 0 saturated heterocycles. The molecule has 39 heavy (non-hydrogen) atoms. The Balaban J connectivity index is 1.82. The zero-order chi connectivity index (χ0) is 29.0. The van der Waals surface area contributed by atoms with Crippen LogP contribution in [0.25, 0.3) is 0 Å². The van der Waals surface area contributed by atoms with Crippen molar-refractivity contribution in [3.05, 3.63) is 64.4 Å². The molecule has 2 heterocycles. The Morgan fingerprint density at radius 2 is 1.54 bits per heavy atom. The first-order valence-corrected chi connectivity index (χ1v) is 13.0. The van der Waals surface area contributed by atoms with E-state index in [0.717, 1.165) is 23.1 Å². The van der Waals surface area contributed by atoms with Crippen molar-refractivity contribution < 1.29 is 34.8 Å². The average Bonchev–Trinajstić information content (AvgIpc) is 2.80. The molecule has 1 aliphatic heterocycles. The smallest absolute Gasteiger partial charge is 0.384 e. The molecular weight excluding hydrogens is 550 g/mol. The van der Waals surface area contributed by atoms with Gasteiger partial charge in [0.25, 0.3) is 10.0 Å². The molecule has 0 fully saturated rings. The van der Waals surface area contributed by atoms with Crippen LogP contribution in [-0.4, -0.2) is 30.7 Å². The normalized spacial score (nSPS) is 18.1. The molecule has 2 aliphatic rings. The Bertz CT molecular complexity index is 1490. The van der Waals surface area contributed by atoms with Crippen molar-refractivity contribution >= 4 is 21.7 Å². The third kappa shape index (κ3) is 4.56. The molecule has 1 aliphatic carbocycles. The van der Waals surface area contributed by atoms with Crippen LogP contribution in [0.5, 0.6) is 0 Å². The largest absolute Gasteiger partial charge is 0.411 e. The number of anilines is 2. The molecule has 1 aromatic carbocycles. The number of hydrogen-bond acceptors (Lipinski definition) is 7. The van der Waals surface area contributed by atoms with Crippen LogP contribution < -0.4 is 15.4 Å². The summed E-state index contributed by atoms with van der Waals surface area (Å²) in [6.45, 7) is 3.29. The summed E-state index contributed by atoms with van der Waals surface area (Å²) < 4.78 is 114. The van der Waals surface area contributed by atoms with Crippen LogP contribution in [0.15, 0.2) is 57.9 Å². The highest BCUT2D eigenvalue weighted by atomic mass is 32.2. The van der Waals surface area contributed by atoms with Gasteiger partial charge in [0, 0.05) is 22.8 Å². The predicted molar refractivity (Wildman–Crippen MR) is 128 cm³/mol. The summed E-state index contributed by atoms with van der Waals surface area (Å²) in [7, 11) is -4.20. The van der Waals surface area contributed by atoms with E-state index in [4.69, 9.17) is 5.73 Å². The lowest BCUT2D eigenvalue weighted by Crippen LogP contribution is -2.57. The highest BCUT2D eigenvalue weighted by Gasteiger charge is 2.77. The number of allylic oxidation sites excluding steroid dienone is 3. The van der Waals surface area contributed by atoms with Crippen LogP contribution in [-0.2, 0) is 10.0 Å². The van der Waals surface area contributed by atoms with Gasteiger partial charge in [-0.15, -0.1) is 0 Å². The van der Waals surface area contributed by atoms with Crippen LogP contribution in [0.3, 0.4) is 0 Å². The second kappa shape index (κ2) is 9.44. The SMILES string of the molecule is Cc1cc(C)nc(NS(=O)(=O)c2ccc(N3C(N)=C(C#N)C(C(F)(F)F)(C(F)(F)F)C4=C3CCCC4)cc2)n1. The molecule has 0 amide bonds. The number of nitrogens with one attached hydrogen (secondary N) is 1. The lowest BCUT2D eigenvalue weighted by molar-refractivity contribution is -0.311. The summed E-state index contributed by atoms with van der Waals surface area (Å²) in [4.78, 5) is 8.72. The fourth-order valence-corrected chi connectivity index (χ4v) is 6.03. The Morgan fingerprint density at radius 1 is 1.00 bits per heavy atom. The molecule has 3 N–H and O–H groups in total. The number of nitrogens with zero attached hydrogens (tertiary/aromatic N) is 4. The van der Waals surface area contributed by atoms with Crippen LogP contribution in [0.1, 0.15) is 37.1 Å². The second-order valence-corrected chi connectivity index (χ2v) is 10.8. The number of sulfonamides is 1. The molecule has 0 saturated carbocycles. The highest BCUT2D eigenvalue weighted by Crippen LogP contribution is 2.64. The van der Waals surface area contributed by atoms with E-state index in [1.54, 1.807) is 19.9 Å². The molecule has 0 spiro atoms. The lowest BCUT2D eigenvalue weighted by atomic mass is 9.66. The molecule has 0 radical (unpaired) electrons. The fraction of sp³-hybridized carbons (Fsp3) is 0.375. The summed E-state index contributed by atoms with van der Waals surface area (Å²) in [6.07, 6.45) is -12.1. The maximum absolute atomic E-state index is 14.3. The molecule has 4 rings (SSSR count). The third-order valence-electron chi connectivity index (χ3n) is 6.61. The van der Waals surface area contributed by atoms with Crippen LogP contribution >= 0.6 is 0 Å². The first-order valence-electron chi connectivity index (χ1n) is 11.6. The maximum Gasteiger partial charge on any atom is 0.411 e. The van der Waals surface area contributed by atoms with Crippen LogP contribution in [0.2, 0.25) is 0 Å². The number of rotatable bonds is 4. The summed E-state index contributed by atoms with van der Waals surface area (Å²) in [5, 5.41) is 9.57. The number of aryl methyl sites for hydroxylation is 2. The van der Waals surface area contributed by atoms with Gasteiger partial charge in [-0.2, -0.15) is 31.6 Å². The number of alkyl halides is 6. The monoisotopic (exact) mass is 572 g/mol. The van der Waals surface area contributed by atoms with Crippen molar-refractivity contribution in [2.45, 2.75) is 56.8 Å². The molecule has 8 nitrogen and oxygen atoms in total. The number of nitriles is 1. The minimum absolute atomic E-state index is 0.00537. The van der Waals surface area contributed by atoms with Crippen LogP contribution in [0.4, 0.5) is 38.0 Å². The van der Waals surface area contributed by atoms with E-state index in [-0.39, 0.29) is 35.1 Å². The Kier molecular flexibility index (Phi) is 6.83. The average molecular weight is 573 g/mol. The van der Waals surface area contributed by atoms with Gasteiger partial charge in [0.15, 0.2) is 0 Å². The molecule has 15 heteroatoms. The molecule has 0 unspecified atom stereocenters. The van der Waals surface area contributed by atoms with Crippen LogP contribution in [0, 0.1) is 30.6 Å². The number of halogens is 6. The van der Waals surface area contributed by atoms with E-state index >= 15 is 0 Å². The van der Waals surface area contributed by atoms with Gasteiger partial charge in [-0.25, -0.2) is 23.1 Å². The van der Waals surface area contributed by atoms with E-state index in [9.17, 15) is 40.0 Å². The van der Waals surface area contributed by atoms with Gasteiger partial charge in [-0.1, -0.05) is 0 Å². The summed E-state index contributed by atoms with van der Waals surface area (Å²) >= 11 is 0. The molecular formula is C24H22F6N6O2S. The van der Waals surface area contributed by atoms with E-state index in [1.165, 1.54) is 12.1 Å². The molecule has 0 bridgehead atoms. The number of benzene rings is 1. The molecule has 0 atom stereocenters. The van der Waals surface area contributed by atoms with E-state index < -0.39 is 51.2 Å². The van der Waals surface area contributed by atoms with Gasteiger partial charge in [-0.3, -0.25) is 4.90 Å². The highest BCUT2D eigenvalue weighted by molar-refractivity contribution is 7.92.